The minimum absolute atomic E-state index is 0.173. The summed E-state index contributed by atoms with van der Waals surface area (Å²) in [4.78, 5) is 2.22. The van der Waals surface area contributed by atoms with Crippen molar-refractivity contribution in [3.05, 3.63) is 0 Å². The maximum atomic E-state index is 11.5. The molecule has 15 heavy (non-hydrogen) atoms. The quantitative estimate of drug-likeness (QED) is 0.691. The Bertz CT molecular complexity index is 292. The first-order valence-electron chi connectivity index (χ1n) is 5.31. The summed E-state index contributed by atoms with van der Waals surface area (Å²) in [5.41, 5.74) is 0. The van der Waals surface area contributed by atoms with Gasteiger partial charge in [-0.15, -0.1) is 0 Å². The molecule has 0 amide bonds. The molecule has 0 aromatic heterocycles. The number of rotatable bonds is 4. The molecular formula is C9H21N3O2S. The Morgan fingerprint density at radius 3 is 2.73 bits per heavy atom. The van der Waals surface area contributed by atoms with Crippen molar-refractivity contribution in [2.45, 2.75) is 13.0 Å². The third-order valence-corrected chi connectivity index (χ3v) is 4.60. The molecule has 0 aromatic carbocycles. The van der Waals surface area contributed by atoms with Crippen LogP contribution in [0.15, 0.2) is 0 Å². The van der Waals surface area contributed by atoms with Crippen LogP contribution in [0.3, 0.4) is 0 Å². The molecule has 1 fully saturated rings. The zero-order valence-corrected chi connectivity index (χ0v) is 10.5. The average molecular weight is 235 g/mol. The summed E-state index contributed by atoms with van der Waals surface area (Å²) in [5, 5.41) is 3.33. The highest BCUT2D eigenvalue weighted by atomic mass is 32.2. The molecule has 0 aliphatic carbocycles. The van der Waals surface area contributed by atoms with Gasteiger partial charge in [0.2, 0.25) is 10.0 Å². The van der Waals surface area contributed by atoms with Crippen LogP contribution in [-0.2, 0) is 10.0 Å². The highest BCUT2D eigenvalue weighted by Crippen LogP contribution is 2.03. The fourth-order valence-electron chi connectivity index (χ4n) is 1.76. The van der Waals surface area contributed by atoms with Gasteiger partial charge in [0.25, 0.3) is 0 Å². The average Bonchev–Trinajstić information content (AvgIpc) is 2.17. The third-order valence-electron chi connectivity index (χ3n) is 2.78. The molecular weight excluding hydrogens is 214 g/mol. The van der Waals surface area contributed by atoms with E-state index >= 15 is 0 Å². The van der Waals surface area contributed by atoms with Gasteiger partial charge in [0.1, 0.15) is 0 Å². The molecule has 1 saturated heterocycles. The van der Waals surface area contributed by atoms with Crippen LogP contribution >= 0.6 is 0 Å². The number of likely N-dealkylation sites (N-methyl/N-ethyl adjacent to an activating group) is 2. The molecule has 5 nitrogen and oxygen atoms in total. The summed E-state index contributed by atoms with van der Waals surface area (Å²) in [7, 11) is 0.665. The van der Waals surface area contributed by atoms with Crippen LogP contribution in [-0.4, -0.2) is 69.7 Å². The number of piperazine rings is 1. The Morgan fingerprint density at radius 1 is 1.53 bits per heavy atom. The first-order valence-corrected chi connectivity index (χ1v) is 6.92. The van der Waals surface area contributed by atoms with E-state index in [1.165, 1.54) is 4.31 Å². The van der Waals surface area contributed by atoms with Gasteiger partial charge in [-0.05, 0) is 14.0 Å². The van der Waals surface area contributed by atoms with Crippen molar-refractivity contribution in [2.75, 3.05) is 46.0 Å². The van der Waals surface area contributed by atoms with E-state index in [1.807, 2.05) is 0 Å². The van der Waals surface area contributed by atoms with Crippen molar-refractivity contribution < 1.29 is 8.42 Å². The van der Waals surface area contributed by atoms with Gasteiger partial charge in [0, 0.05) is 39.3 Å². The minimum Gasteiger partial charge on any atom is -0.310 e. The molecule has 1 atom stereocenters. The maximum absolute atomic E-state index is 11.5. The van der Waals surface area contributed by atoms with Gasteiger partial charge < -0.3 is 10.2 Å². The van der Waals surface area contributed by atoms with Gasteiger partial charge >= 0.3 is 0 Å². The van der Waals surface area contributed by atoms with Crippen LogP contribution < -0.4 is 5.32 Å². The van der Waals surface area contributed by atoms with Crippen molar-refractivity contribution in [1.82, 2.24) is 14.5 Å². The highest BCUT2D eigenvalue weighted by molar-refractivity contribution is 7.89. The Kier molecular flexibility index (Phi) is 4.51. The molecule has 1 aliphatic rings. The number of hydrogen-bond acceptors (Lipinski definition) is 4. The largest absolute Gasteiger partial charge is 0.310 e. The van der Waals surface area contributed by atoms with E-state index in [-0.39, 0.29) is 11.8 Å². The fourth-order valence-corrected chi connectivity index (χ4v) is 2.61. The van der Waals surface area contributed by atoms with Crippen molar-refractivity contribution in [3.63, 3.8) is 0 Å². The van der Waals surface area contributed by atoms with Crippen LogP contribution in [0.1, 0.15) is 6.92 Å². The Balaban J connectivity index is 2.47. The summed E-state index contributed by atoms with van der Waals surface area (Å²) in [6.07, 6.45) is 0. The summed E-state index contributed by atoms with van der Waals surface area (Å²) in [6, 6.07) is 0.245. The van der Waals surface area contributed by atoms with Crippen LogP contribution in [0.5, 0.6) is 0 Å². The maximum Gasteiger partial charge on any atom is 0.213 e. The Hall–Kier alpha value is -0.170. The SMILES string of the molecule is CCS(=O)(=O)N(C)CC1CN(C)CCN1. The summed E-state index contributed by atoms with van der Waals surface area (Å²) < 4.78 is 24.5. The first-order chi connectivity index (χ1) is 6.95. The first kappa shape index (κ1) is 12.9. The lowest BCUT2D eigenvalue weighted by molar-refractivity contribution is 0.222. The second-order valence-electron chi connectivity index (χ2n) is 4.09. The van der Waals surface area contributed by atoms with Gasteiger partial charge in [-0.3, -0.25) is 0 Å². The van der Waals surface area contributed by atoms with Crippen molar-refractivity contribution in [3.8, 4) is 0 Å². The zero-order valence-electron chi connectivity index (χ0n) is 9.73. The van der Waals surface area contributed by atoms with Crippen molar-refractivity contribution in [1.29, 1.82) is 0 Å². The van der Waals surface area contributed by atoms with Crippen LogP contribution in [0, 0.1) is 0 Å². The summed E-state index contributed by atoms with van der Waals surface area (Å²) >= 11 is 0. The van der Waals surface area contributed by atoms with Gasteiger partial charge in [-0.25, -0.2) is 12.7 Å². The monoisotopic (exact) mass is 235 g/mol. The molecule has 1 N–H and O–H groups in total. The van der Waals surface area contributed by atoms with E-state index in [2.05, 4.69) is 17.3 Å². The standard InChI is InChI=1S/C9H21N3O2S/c1-4-15(13,14)12(3)8-9-7-11(2)6-5-10-9/h9-10H,4-8H2,1-3H3. The van der Waals surface area contributed by atoms with Gasteiger partial charge in [-0.1, -0.05) is 0 Å². The molecule has 1 heterocycles. The fraction of sp³-hybridized carbons (Fsp3) is 1.00. The molecule has 6 heteroatoms. The second-order valence-corrected chi connectivity index (χ2v) is 6.46. The number of nitrogens with one attached hydrogen (secondary N) is 1. The number of sulfonamides is 1. The number of nitrogens with zero attached hydrogens (tertiary/aromatic N) is 2. The van der Waals surface area contributed by atoms with Crippen LogP contribution in [0.25, 0.3) is 0 Å². The van der Waals surface area contributed by atoms with Gasteiger partial charge in [0.05, 0.1) is 5.75 Å². The second kappa shape index (κ2) is 5.25. The lowest BCUT2D eigenvalue weighted by Gasteiger charge is -2.33. The predicted molar refractivity (Wildman–Crippen MR) is 61.4 cm³/mol. The van der Waals surface area contributed by atoms with E-state index in [9.17, 15) is 8.42 Å². The third kappa shape index (κ3) is 3.71. The van der Waals surface area contributed by atoms with E-state index in [0.29, 0.717) is 6.54 Å². The van der Waals surface area contributed by atoms with Crippen LogP contribution in [0.2, 0.25) is 0 Å². The van der Waals surface area contributed by atoms with E-state index in [1.54, 1.807) is 14.0 Å². The van der Waals surface area contributed by atoms with Gasteiger partial charge in [0.15, 0.2) is 0 Å². The smallest absolute Gasteiger partial charge is 0.213 e. The summed E-state index contributed by atoms with van der Waals surface area (Å²) in [6.45, 7) is 5.10. The Labute approximate surface area is 92.5 Å². The minimum atomic E-state index is -3.04. The molecule has 0 spiro atoms. The van der Waals surface area contributed by atoms with Crippen molar-refractivity contribution in [2.24, 2.45) is 0 Å². The van der Waals surface area contributed by atoms with Crippen LogP contribution in [0.4, 0.5) is 0 Å². The molecule has 1 unspecified atom stereocenters. The topological polar surface area (TPSA) is 52.7 Å². The van der Waals surface area contributed by atoms with E-state index in [0.717, 1.165) is 19.6 Å². The molecule has 0 radical (unpaired) electrons. The molecule has 0 bridgehead atoms. The van der Waals surface area contributed by atoms with E-state index in [4.69, 9.17) is 0 Å². The molecule has 0 aromatic rings. The molecule has 90 valence electrons. The predicted octanol–water partition coefficient (Wildman–Crippen LogP) is -0.828. The van der Waals surface area contributed by atoms with E-state index < -0.39 is 10.0 Å². The van der Waals surface area contributed by atoms with Crippen molar-refractivity contribution >= 4 is 10.0 Å². The Morgan fingerprint density at radius 2 is 2.20 bits per heavy atom. The lowest BCUT2D eigenvalue weighted by Crippen LogP contribution is -2.54. The molecule has 1 aliphatic heterocycles. The van der Waals surface area contributed by atoms with Gasteiger partial charge in [-0.2, -0.15) is 0 Å². The zero-order chi connectivity index (χ0) is 11.5. The highest BCUT2D eigenvalue weighted by Gasteiger charge is 2.22. The molecule has 1 rings (SSSR count). The molecule has 0 saturated carbocycles. The number of hydrogen-bond donors (Lipinski definition) is 1. The normalized spacial score (nSPS) is 24.7. The lowest BCUT2D eigenvalue weighted by atomic mass is 10.2. The summed E-state index contributed by atoms with van der Waals surface area (Å²) in [5.74, 6) is 0.173.